The van der Waals surface area contributed by atoms with E-state index in [-0.39, 0.29) is 11.7 Å². The molecule has 0 saturated heterocycles. The summed E-state index contributed by atoms with van der Waals surface area (Å²) in [5.41, 5.74) is 0.931. The van der Waals surface area contributed by atoms with Crippen LogP contribution in [0.3, 0.4) is 0 Å². The largest absolute Gasteiger partial charge is 0.384 e. The molecule has 0 fully saturated rings. The van der Waals surface area contributed by atoms with E-state index in [2.05, 4.69) is 0 Å². The Hall–Kier alpha value is -1.76. The van der Waals surface area contributed by atoms with Crippen molar-refractivity contribution in [3.63, 3.8) is 0 Å². The minimum Gasteiger partial charge on any atom is -0.384 e. The summed E-state index contributed by atoms with van der Waals surface area (Å²) in [5.74, 6) is -0.175. The lowest BCUT2D eigenvalue weighted by molar-refractivity contribution is -0.645. The quantitative estimate of drug-likeness (QED) is 0.666. The predicted molar refractivity (Wildman–Crippen MR) is 93.1 cm³/mol. The fourth-order valence-corrected chi connectivity index (χ4v) is 3.08. The molecule has 0 bridgehead atoms. The number of amides is 1. The summed E-state index contributed by atoms with van der Waals surface area (Å²) in [5, 5.41) is 4.01. The van der Waals surface area contributed by atoms with Crippen molar-refractivity contribution in [2.24, 2.45) is 0 Å². The van der Waals surface area contributed by atoms with Crippen molar-refractivity contribution in [2.75, 3.05) is 26.8 Å². The summed E-state index contributed by atoms with van der Waals surface area (Å²) in [6.45, 7) is 3.06. The molecule has 1 amide bonds. The van der Waals surface area contributed by atoms with Crippen LogP contribution in [0, 0.1) is 5.82 Å². The van der Waals surface area contributed by atoms with Crippen molar-refractivity contribution in [2.45, 2.75) is 19.5 Å². The van der Waals surface area contributed by atoms with E-state index in [1.54, 1.807) is 30.6 Å². The second-order valence-corrected chi connectivity index (χ2v) is 6.62. The zero-order valence-electron chi connectivity index (χ0n) is 13.9. The molecular formula is C18H24FN2O2S+. The number of methoxy groups -OCH3 is 1. The number of ether oxygens (including phenoxy) is 1. The summed E-state index contributed by atoms with van der Waals surface area (Å²) in [6, 6.07) is 10.3. The smallest absolute Gasteiger partial charge is 0.278 e. The fourth-order valence-electron chi connectivity index (χ4n) is 2.36. The number of hydrogen-bond acceptors (Lipinski definition) is 3. The van der Waals surface area contributed by atoms with E-state index in [0.717, 1.165) is 23.4 Å². The maximum absolute atomic E-state index is 13.1. The van der Waals surface area contributed by atoms with Gasteiger partial charge in [0.25, 0.3) is 5.91 Å². The van der Waals surface area contributed by atoms with Crippen LogP contribution < -0.4 is 5.32 Å². The Kier molecular flexibility index (Phi) is 7.88. The van der Waals surface area contributed by atoms with Crippen LogP contribution in [0.4, 0.5) is 4.39 Å². The van der Waals surface area contributed by atoms with E-state index in [1.807, 2.05) is 27.7 Å². The van der Waals surface area contributed by atoms with E-state index in [4.69, 9.17) is 4.74 Å². The Morgan fingerprint density at radius 3 is 2.71 bits per heavy atom. The minimum absolute atomic E-state index is 0.0881. The van der Waals surface area contributed by atoms with E-state index >= 15 is 0 Å². The van der Waals surface area contributed by atoms with E-state index in [9.17, 15) is 9.18 Å². The molecule has 130 valence electrons. The Bertz CT molecular complexity index is 602. The molecule has 2 aromatic rings. The first-order chi connectivity index (χ1) is 11.7. The highest BCUT2D eigenvalue weighted by molar-refractivity contribution is 7.09. The van der Waals surface area contributed by atoms with Gasteiger partial charge < -0.3 is 15.0 Å². The van der Waals surface area contributed by atoms with Crippen molar-refractivity contribution in [3.05, 3.63) is 58.0 Å². The molecule has 4 nitrogen and oxygen atoms in total. The molecule has 0 aliphatic rings. The summed E-state index contributed by atoms with van der Waals surface area (Å²) >= 11 is 1.64. The van der Waals surface area contributed by atoms with E-state index in [1.165, 1.54) is 12.1 Å². The lowest BCUT2D eigenvalue weighted by atomic mass is 10.2. The molecule has 0 aliphatic carbocycles. The number of halogens is 1. The van der Waals surface area contributed by atoms with Crippen LogP contribution in [-0.2, 0) is 22.6 Å². The van der Waals surface area contributed by atoms with Gasteiger partial charge in [-0.2, -0.15) is 0 Å². The number of hydrogen-bond donors (Lipinski definition) is 1. The van der Waals surface area contributed by atoms with Crippen molar-refractivity contribution >= 4 is 17.2 Å². The van der Waals surface area contributed by atoms with Crippen LogP contribution in [0.5, 0.6) is 0 Å². The first-order valence-corrected chi connectivity index (χ1v) is 8.92. The molecule has 0 radical (unpaired) electrons. The number of carbonyl (C=O) groups is 1. The summed E-state index contributed by atoms with van der Waals surface area (Å²) < 4.78 is 18.1. The van der Waals surface area contributed by atoms with Crippen LogP contribution in [0.25, 0.3) is 0 Å². The van der Waals surface area contributed by atoms with Crippen LogP contribution in [-0.4, -0.2) is 37.6 Å². The van der Waals surface area contributed by atoms with Gasteiger partial charge in [-0.15, -0.1) is 11.3 Å². The van der Waals surface area contributed by atoms with Gasteiger partial charge in [-0.05, 0) is 29.1 Å². The van der Waals surface area contributed by atoms with Gasteiger partial charge in [-0.1, -0.05) is 18.2 Å². The number of rotatable bonds is 10. The molecule has 2 N–H and O–H groups in total. The molecule has 0 atom stereocenters. The lowest BCUT2D eigenvalue weighted by Gasteiger charge is -2.21. The Morgan fingerprint density at radius 2 is 2.04 bits per heavy atom. The lowest BCUT2D eigenvalue weighted by Crippen LogP contribution is -2.86. The van der Waals surface area contributed by atoms with Crippen LogP contribution in [0.15, 0.2) is 41.8 Å². The number of nitrogens with two attached hydrogens (primary N) is 1. The highest BCUT2D eigenvalue weighted by atomic mass is 32.1. The molecule has 0 saturated carbocycles. The summed E-state index contributed by atoms with van der Waals surface area (Å²) in [7, 11) is 1.68. The van der Waals surface area contributed by atoms with Gasteiger partial charge in [0.2, 0.25) is 0 Å². The number of nitrogens with zero attached hydrogens (tertiary/aromatic N) is 1. The van der Waals surface area contributed by atoms with Gasteiger partial charge in [0.1, 0.15) is 5.82 Å². The Morgan fingerprint density at radius 1 is 1.25 bits per heavy atom. The third kappa shape index (κ3) is 6.39. The van der Waals surface area contributed by atoms with Crippen LogP contribution >= 0.6 is 11.3 Å². The maximum Gasteiger partial charge on any atom is 0.278 e. The fraction of sp³-hybridized carbons (Fsp3) is 0.389. The second-order valence-electron chi connectivity index (χ2n) is 5.58. The van der Waals surface area contributed by atoms with Crippen molar-refractivity contribution in [1.82, 2.24) is 4.90 Å². The van der Waals surface area contributed by atoms with Crippen molar-refractivity contribution in [1.29, 1.82) is 0 Å². The molecule has 2 rings (SSSR count). The third-order valence-electron chi connectivity index (χ3n) is 3.64. The highest BCUT2D eigenvalue weighted by Gasteiger charge is 2.16. The number of quaternary nitrogens is 1. The molecule has 0 aliphatic heterocycles. The third-order valence-corrected chi connectivity index (χ3v) is 4.50. The summed E-state index contributed by atoms with van der Waals surface area (Å²) in [4.78, 5) is 15.5. The van der Waals surface area contributed by atoms with Gasteiger partial charge in [-0.3, -0.25) is 4.79 Å². The van der Waals surface area contributed by atoms with Gasteiger partial charge >= 0.3 is 0 Å². The second kappa shape index (κ2) is 10.2. The monoisotopic (exact) mass is 351 g/mol. The number of benzene rings is 1. The topological polar surface area (TPSA) is 46.1 Å². The molecule has 1 aromatic heterocycles. The normalized spacial score (nSPS) is 10.8. The summed E-state index contributed by atoms with van der Waals surface area (Å²) in [6.07, 6.45) is 0.923. The van der Waals surface area contributed by atoms with Crippen LogP contribution in [0.1, 0.15) is 16.9 Å². The Labute approximate surface area is 146 Å². The van der Waals surface area contributed by atoms with Crippen molar-refractivity contribution < 1.29 is 19.2 Å². The van der Waals surface area contributed by atoms with Gasteiger partial charge in [-0.25, -0.2) is 4.39 Å². The molecular weight excluding hydrogens is 327 g/mol. The molecule has 6 heteroatoms. The van der Waals surface area contributed by atoms with E-state index < -0.39 is 0 Å². The highest BCUT2D eigenvalue weighted by Crippen LogP contribution is 2.15. The van der Waals surface area contributed by atoms with Crippen molar-refractivity contribution in [3.8, 4) is 0 Å². The zero-order chi connectivity index (χ0) is 17.2. The van der Waals surface area contributed by atoms with Gasteiger partial charge in [0.15, 0.2) is 6.54 Å². The molecule has 0 unspecified atom stereocenters. The average molecular weight is 351 g/mol. The maximum atomic E-state index is 13.1. The number of carbonyl (C=O) groups excluding carboxylic acids is 1. The van der Waals surface area contributed by atoms with E-state index in [0.29, 0.717) is 26.2 Å². The standard InChI is InChI=1S/C18H23FN2O2S/c1-23-10-3-9-20-12-18(22)21(14-17-4-2-11-24-17)13-15-5-7-16(19)8-6-15/h2,4-8,11,20H,3,9-10,12-14H2,1H3/p+1. The Balaban J connectivity index is 1.93. The van der Waals surface area contributed by atoms with Crippen LogP contribution in [0.2, 0.25) is 0 Å². The molecule has 1 heterocycles. The average Bonchev–Trinajstić information content (AvgIpc) is 3.09. The van der Waals surface area contributed by atoms with Gasteiger partial charge in [0, 0.05) is 25.0 Å². The molecule has 1 aromatic carbocycles. The number of thiophene rings is 1. The van der Waals surface area contributed by atoms with Gasteiger partial charge in [0.05, 0.1) is 19.7 Å². The minimum atomic E-state index is -0.263. The molecule has 24 heavy (non-hydrogen) atoms. The first kappa shape index (κ1) is 18.6. The molecule has 0 spiro atoms. The predicted octanol–water partition coefficient (Wildman–Crippen LogP) is 2.02. The first-order valence-electron chi connectivity index (χ1n) is 8.04. The SMILES string of the molecule is COCCC[NH2+]CC(=O)N(Cc1ccc(F)cc1)Cc1cccs1. The zero-order valence-corrected chi connectivity index (χ0v) is 14.7.